The molecule has 72 valence electrons. The summed E-state index contributed by atoms with van der Waals surface area (Å²) < 4.78 is 25.1. The Labute approximate surface area is 80.7 Å². The molecule has 0 unspecified atom stereocenters. The largest absolute Gasteiger partial charge is 0.311 e. The second kappa shape index (κ2) is 5.14. The van der Waals surface area contributed by atoms with Crippen LogP contribution >= 0.6 is 11.6 Å². The summed E-state index contributed by atoms with van der Waals surface area (Å²) in [5, 5.41) is 2.98. The van der Waals surface area contributed by atoms with E-state index < -0.39 is 11.6 Å². The van der Waals surface area contributed by atoms with Crippen LogP contribution in [-0.2, 0) is 6.54 Å². The van der Waals surface area contributed by atoms with Gasteiger partial charge in [0.25, 0.3) is 0 Å². The number of halogens is 3. The summed E-state index contributed by atoms with van der Waals surface area (Å²) in [6.45, 7) is 1.16. The zero-order valence-electron chi connectivity index (χ0n) is 6.99. The third-order valence-electron chi connectivity index (χ3n) is 1.58. The summed E-state index contributed by atoms with van der Waals surface area (Å²) >= 11 is 5.43. The average Bonchev–Trinajstić information content (AvgIpc) is 2.12. The van der Waals surface area contributed by atoms with Gasteiger partial charge in [0.2, 0.25) is 0 Å². The third kappa shape index (κ3) is 3.28. The van der Waals surface area contributed by atoms with Gasteiger partial charge in [-0.2, -0.15) is 0 Å². The Morgan fingerprint density at radius 3 is 2.62 bits per heavy atom. The molecule has 13 heavy (non-hydrogen) atoms. The van der Waals surface area contributed by atoms with Crippen LogP contribution in [0.3, 0.4) is 0 Å². The summed E-state index contributed by atoms with van der Waals surface area (Å²) in [4.78, 5) is 0. The Balaban J connectivity index is 2.53. The van der Waals surface area contributed by atoms with E-state index in [1.165, 1.54) is 6.07 Å². The first-order valence-corrected chi connectivity index (χ1v) is 4.48. The molecule has 4 heteroatoms. The maximum absolute atomic E-state index is 12.7. The molecule has 0 radical (unpaired) electrons. The van der Waals surface area contributed by atoms with Gasteiger partial charge in [0.1, 0.15) is 0 Å². The van der Waals surface area contributed by atoms with Crippen molar-refractivity contribution in [3.05, 3.63) is 35.4 Å². The van der Waals surface area contributed by atoms with Crippen molar-refractivity contribution >= 4 is 11.6 Å². The highest BCUT2D eigenvalue weighted by Crippen LogP contribution is 2.07. The van der Waals surface area contributed by atoms with Gasteiger partial charge in [0.05, 0.1) is 0 Å². The second-order valence-corrected chi connectivity index (χ2v) is 2.99. The number of alkyl halides is 1. The molecule has 0 saturated heterocycles. The van der Waals surface area contributed by atoms with Gasteiger partial charge in [-0.15, -0.1) is 11.6 Å². The zero-order valence-corrected chi connectivity index (χ0v) is 7.74. The summed E-state index contributed by atoms with van der Waals surface area (Å²) in [5.41, 5.74) is 0.712. The van der Waals surface area contributed by atoms with Gasteiger partial charge < -0.3 is 5.32 Å². The Bertz CT molecular complexity index is 278. The molecule has 1 nitrogen and oxygen atoms in total. The van der Waals surface area contributed by atoms with E-state index in [0.29, 0.717) is 24.5 Å². The molecule has 0 aliphatic heterocycles. The highest BCUT2D eigenvalue weighted by molar-refractivity contribution is 6.18. The standard InChI is InChI=1S/C9H10ClF2N/c10-3-4-13-6-7-1-2-8(11)9(12)5-7/h1-2,5,13H,3-4,6H2. The van der Waals surface area contributed by atoms with E-state index >= 15 is 0 Å². The Morgan fingerprint density at radius 2 is 2.00 bits per heavy atom. The first kappa shape index (κ1) is 10.4. The van der Waals surface area contributed by atoms with Gasteiger partial charge in [-0.3, -0.25) is 0 Å². The third-order valence-corrected chi connectivity index (χ3v) is 1.77. The molecule has 0 aromatic heterocycles. The van der Waals surface area contributed by atoms with Crippen molar-refractivity contribution in [3.8, 4) is 0 Å². The monoisotopic (exact) mass is 205 g/mol. The van der Waals surface area contributed by atoms with Crippen molar-refractivity contribution in [2.24, 2.45) is 0 Å². The molecule has 1 aromatic carbocycles. The topological polar surface area (TPSA) is 12.0 Å². The molecule has 0 saturated carbocycles. The van der Waals surface area contributed by atoms with Crippen LogP contribution in [0.2, 0.25) is 0 Å². The van der Waals surface area contributed by atoms with E-state index in [1.54, 1.807) is 6.07 Å². The minimum absolute atomic E-state index is 0.504. The molecule has 0 aliphatic carbocycles. The van der Waals surface area contributed by atoms with E-state index in [4.69, 9.17) is 11.6 Å². The van der Waals surface area contributed by atoms with Crippen LogP contribution in [0.15, 0.2) is 18.2 Å². The van der Waals surface area contributed by atoms with E-state index in [2.05, 4.69) is 5.32 Å². The van der Waals surface area contributed by atoms with E-state index in [-0.39, 0.29) is 0 Å². The molecule has 1 rings (SSSR count). The summed E-state index contributed by atoms with van der Waals surface area (Å²) in [6, 6.07) is 3.84. The highest BCUT2D eigenvalue weighted by atomic mass is 35.5. The normalized spacial score (nSPS) is 10.4. The van der Waals surface area contributed by atoms with Crippen molar-refractivity contribution in [1.29, 1.82) is 0 Å². The lowest BCUT2D eigenvalue weighted by molar-refractivity contribution is 0.506. The molecule has 0 aliphatic rings. The molecule has 1 N–H and O–H groups in total. The molecule has 1 aromatic rings. The van der Waals surface area contributed by atoms with Gasteiger partial charge in [0, 0.05) is 19.0 Å². The predicted octanol–water partition coefficient (Wildman–Crippen LogP) is 2.29. The van der Waals surface area contributed by atoms with E-state index in [1.807, 2.05) is 0 Å². The summed E-state index contributed by atoms with van der Waals surface area (Å²) in [5.74, 6) is -1.13. The maximum atomic E-state index is 12.7. The number of nitrogens with one attached hydrogen (secondary N) is 1. The van der Waals surface area contributed by atoms with Crippen molar-refractivity contribution in [1.82, 2.24) is 5.32 Å². The molecule has 0 fully saturated rings. The number of rotatable bonds is 4. The molecular formula is C9H10ClF2N. The molecule has 0 spiro atoms. The second-order valence-electron chi connectivity index (χ2n) is 2.61. The molecule has 0 heterocycles. The number of benzene rings is 1. The van der Waals surface area contributed by atoms with Crippen LogP contribution in [0, 0.1) is 11.6 Å². The summed E-state index contributed by atoms with van der Waals surface area (Å²) in [7, 11) is 0. The molecule has 0 amide bonds. The molecular weight excluding hydrogens is 196 g/mol. The fourth-order valence-corrected chi connectivity index (χ4v) is 1.08. The minimum Gasteiger partial charge on any atom is -0.311 e. The van der Waals surface area contributed by atoms with Crippen molar-refractivity contribution in [2.45, 2.75) is 6.54 Å². The number of hydrogen-bond donors (Lipinski definition) is 1. The van der Waals surface area contributed by atoms with Gasteiger partial charge in [0.15, 0.2) is 11.6 Å². The highest BCUT2D eigenvalue weighted by Gasteiger charge is 2.01. The van der Waals surface area contributed by atoms with Crippen LogP contribution in [0.4, 0.5) is 8.78 Å². The van der Waals surface area contributed by atoms with Crippen LogP contribution in [0.1, 0.15) is 5.56 Å². The Hall–Kier alpha value is -0.670. The van der Waals surface area contributed by atoms with Gasteiger partial charge in [-0.05, 0) is 17.7 Å². The van der Waals surface area contributed by atoms with Crippen molar-refractivity contribution in [2.75, 3.05) is 12.4 Å². The van der Waals surface area contributed by atoms with Gasteiger partial charge in [-0.25, -0.2) is 8.78 Å². The first-order chi connectivity index (χ1) is 6.24. The smallest absolute Gasteiger partial charge is 0.159 e. The lowest BCUT2D eigenvalue weighted by atomic mass is 10.2. The lowest BCUT2D eigenvalue weighted by Crippen LogP contribution is -2.15. The van der Waals surface area contributed by atoms with Crippen LogP contribution < -0.4 is 5.32 Å². The van der Waals surface area contributed by atoms with Crippen LogP contribution in [0.25, 0.3) is 0 Å². The van der Waals surface area contributed by atoms with Crippen LogP contribution in [-0.4, -0.2) is 12.4 Å². The fraction of sp³-hybridized carbons (Fsp3) is 0.333. The maximum Gasteiger partial charge on any atom is 0.159 e. The average molecular weight is 206 g/mol. The summed E-state index contributed by atoms with van der Waals surface area (Å²) in [6.07, 6.45) is 0. The molecule has 0 atom stereocenters. The van der Waals surface area contributed by atoms with Crippen molar-refractivity contribution < 1.29 is 8.78 Å². The van der Waals surface area contributed by atoms with E-state index in [9.17, 15) is 8.78 Å². The van der Waals surface area contributed by atoms with Gasteiger partial charge in [-0.1, -0.05) is 6.07 Å². The molecule has 0 bridgehead atoms. The SMILES string of the molecule is Fc1ccc(CNCCCl)cc1F. The van der Waals surface area contributed by atoms with Crippen molar-refractivity contribution in [3.63, 3.8) is 0 Å². The quantitative estimate of drug-likeness (QED) is 0.588. The fourth-order valence-electron chi connectivity index (χ4n) is 0.949. The first-order valence-electron chi connectivity index (χ1n) is 3.94. The van der Waals surface area contributed by atoms with Gasteiger partial charge >= 0.3 is 0 Å². The minimum atomic E-state index is -0.818. The lowest BCUT2D eigenvalue weighted by Gasteiger charge is -2.02. The zero-order chi connectivity index (χ0) is 9.68. The predicted molar refractivity (Wildman–Crippen MR) is 48.8 cm³/mol. The Morgan fingerprint density at radius 1 is 1.23 bits per heavy atom. The Kier molecular flexibility index (Phi) is 4.12. The van der Waals surface area contributed by atoms with Crippen LogP contribution in [0.5, 0.6) is 0 Å². The number of hydrogen-bond acceptors (Lipinski definition) is 1. The van der Waals surface area contributed by atoms with E-state index in [0.717, 1.165) is 6.07 Å².